The zero-order chi connectivity index (χ0) is 12.0. The fraction of sp³-hybridized carbons (Fsp3) is 0.500. The maximum Gasteiger partial charge on any atom is 0.142 e. The van der Waals surface area contributed by atoms with Gasteiger partial charge in [0.1, 0.15) is 5.75 Å². The van der Waals surface area contributed by atoms with E-state index in [2.05, 4.69) is 28.2 Å². The Morgan fingerprint density at radius 2 is 2.25 bits per heavy atom. The van der Waals surface area contributed by atoms with Crippen molar-refractivity contribution in [3.05, 3.63) is 22.7 Å². The predicted octanol–water partition coefficient (Wildman–Crippen LogP) is 2.85. The van der Waals surface area contributed by atoms with Gasteiger partial charge in [-0.25, -0.2) is 0 Å². The second kappa shape index (κ2) is 6.76. The molecule has 0 aliphatic carbocycles. The first-order valence-corrected chi connectivity index (χ1v) is 6.28. The fourth-order valence-corrected chi connectivity index (χ4v) is 1.83. The van der Waals surface area contributed by atoms with Crippen molar-refractivity contribution in [2.75, 3.05) is 25.5 Å². The van der Waals surface area contributed by atoms with Gasteiger partial charge in [-0.3, -0.25) is 0 Å². The van der Waals surface area contributed by atoms with Crippen LogP contribution in [0.15, 0.2) is 22.7 Å². The summed E-state index contributed by atoms with van der Waals surface area (Å²) in [6.45, 7) is 3.73. The molecule has 1 aromatic carbocycles. The quantitative estimate of drug-likeness (QED) is 0.845. The summed E-state index contributed by atoms with van der Waals surface area (Å²) in [7, 11) is 1.68. The zero-order valence-corrected chi connectivity index (χ0v) is 11.4. The lowest BCUT2D eigenvalue weighted by Gasteiger charge is -2.16. The molecular formula is C12H19BrN2O. The number of methoxy groups -OCH3 is 1. The molecule has 3 nitrogen and oxygen atoms in total. The first kappa shape index (κ1) is 13.3. The van der Waals surface area contributed by atoms with Crippen LogP contribution in [0.3, 0.4) is 0 Å². The Hall–Kier alpha value is -0.740. The summed E-state index contributed by atoms with van der Waals surface area (Å²) in [6.07, 6.45) is 1.08. The van der Waals surface area contributed by atoms with Gasteiger partial charge in [0.15, 0.2) is 0 Å². The topological polar surface area (TPSA) is 47.3 Å². The standard InChI is InChI=1S/C12H19BrN2O/c1-3-9(7-14)8-15-11-6-10(13)4-5-12(11)16-2/h4-6,9,15H,3,7-8,14H2,1-2H3. The van der Waals surface area contributed by atoms with Crippen LogP contribution in [0, 0.1) is 5.92 Å². The van der Waals surface area contributed by atoms with E-state index in [0.717, 1.165) is 28.9 Å². The molecule has 90 valence electrons. The van der Waals surface area contributed by atoms with Crippen LogP contribution in [0.25, 0.3) is 0 Å². The molecule has 0 heterocycles. The number of halogens is 1. The van der Waals surface area contributed by atoms with Crippen LogP contribution in [0.5, 0.6) is 5.75 Å². The molecular weight excluding hydrogens is 268 g/mol. The molecule has 0 aliphatic heterocycles. The van der Waals surface area contributed by atoms with E-state index < -0.39 is 0 Å². The molecule has 1 atom stereocenters. The maximum absolute atomic E-state index is 5.67. The normalized spacial score (nSPS) is 12.2. The molecule has 1 aromatic rings. The Morgan fingerprint density at radius 3 is 2.81 bits per heavy atom. The molecule has 1 unspecified atom stereocenters. The van der Waals surface area contributed by atoms with Crippen LogP contribution >= 0.6 is 15.9 Å². The van der Waals surface area contributed by atoms with Crippen LogP contribution in [-0.4, -0.2) is 20.2 Å². The van der Waals surface area contributed by atoms with Crippen molar-refractivity contribution in [2.24, 2.45) is 11.7 Å². The first-order chi connectivity index (χ1) is 7.71. The summed E-state index contributed by atoms with van der Waals surface area (Å²) in [5.41, 5.74) is 6.67. The Labute approximate surface area is 105 Å². The molecule has 4 heteroatoms. The molecule has 0 saturated heterocycles. The smallest absolute Gasteiger partial charge is 0.142 e. The molecule has 3 N–H and O–H groups in total. The van der Waals surface area contributed by atoms with E-state index in [1.165, 1.54) is 0 Å². The summed E-state index contributed by atoms with van der Waals surface area (Å²) >= 11 is 3.45. The Balaban J connectivity index is 2.68. The summed E-state index contributed by atoms with van der Waals surface area (Å²) in [5, 5.41) is 3.37. The number of benzene rings is 1. The van der Waals surface area contributed by atoms with Crippen LogP contribution in [0.4, 0.5) is 5.69 Å². The number of hydrogen-bond acceptors (Lipinski definition) is 3. The first-order valence-electron chi connectivity index (χ1n) is 5.48. The third kappa shape index (κ3) is 3.68. The van der Waals surface area contributed by atoms with Crippen molar-refractivity contribution >= 4 is 21.6 Å². The number of nitrogens with two attached hydrogens (primary N) is 1. The molecule has 0 radical (unpaired) electrons. The maximum atomic E-state index is 5.67. The van der Waals surface area contributed by atoms with Crippen LogP contribution < -0.4 is 15.8 Å². The van der Waals surface area contributed by atoms with E-state index in [-0.39, 0.29) is 0 Å². The van der Waals surface area contributed by atoms with Crippen molar-refractivity contribution in [3.8, 4) is 5.75 Å². The second-order valence-electron chi connectivity index (χ2n) is 3.74. The van der Waals surface area contributed by atoms with Crippen molar-refractivity contribution in [3.63, 3.8) is 0 Å². The molecule has 1 rings (SSSR count). The predicted molar refractivity (Wildman–Crippen MR) is 72.0 cm³/mol. The van der Waals surface area contributed by atoms with Gasteiger partial charge in [0.25, 0.3) is 0 Å². The fourth-order valence-electron chi connectivity index (χ4n) is 1.47. The molecule has 0 saturated carbocycles. The highest BCUT2D eigenvalue weighted by Gasteiger charge is 2.07. The van der Waals surface area contributed by atoms with Crippen LogP contribution in [0.1, 0.15) is 13.3 Å². The molecule has 0 fully saturated rings. The van der Waals surface area contributed by atoms with Gasteiger partial charge in [-0.15, -0.1) is 0 Å². The van der Waals surface area contributed by atoms with Gasteiger partial charge in [0.05, 0.1) is 12.8 Å². The number of ether oxygens (including phenoxy) is 1. The third-order valence-corrected chi connectivity index (χ3v) is 3.15. The van der Waals surface area contributed by atoms with Gasteiger partial charge in [0.2, 0.25) is 0 Å². The van der Waals surface area contributed by atoms with Crippen molar-refractivity contribution in [1.82, 2.24) is 0 Å². The Kier molecular flexibility index (Phi) is 5.63. The minimum Gasteiger partial charge on any atom is -0.495 e. The minimum absolute atomic E-state index is 0.503. The summed E-state index contributed by atoms with van der Waals surface area (Å²) in [6, 6.07) is 5.92. The molecule has 0 aliphatic rings. The summed E-state index contributed by atoms with van der Waals surface area (Å²) in [5.74, 6) is 1.36. The van der Waals surface area contributed by atoms with E-state index in [0.29, 0.717) is 12.5 Å². The van der Waals surface area contributed by atoms with E-state index in [1.54, 1.807) is 7.11 Å². The van der Waals surface area contributed by atoms with Crippen LogP contribution in [0.2, 0.25) is 0 Å². The molecule has 0 bridgehead atoms. The van der Waals surface area contributed by atoms with Crippen LogP contribution in [-0.2, 0) is 0 Å². The highest BCUT2D eigenvalue weighted by Crippen LogP contribution is 2.28. The van der Waals surface area contributed by atoms with Gasteiger partial charge >= 0.3 is 0 Å². The molecule has 16 heavy (non-hydrogen) atoms. The molecule has 0 amide bonds. The summed E-state index contributed by atoms with van der Waals surface area (Å²) < 4.78 is 6.32. The SMILES string of the molecule is CCC(CN)CNc1cc(Br)ccc1OC. The van der Waals surface area contributed by atoms with Crippen molar-refractivity contribution in [2.45, 2.75) is 13.3 Å². The monoisotopic (exact) mass is 286 g/mol. The minimum atomic E-state index is 0.503. The summed E-state index contributed by atoms with van der Waals surface area (Å²) in [4.78, 5) is 0. The Morgan fingerprint density at radius 1 is 1.50 bits per heavy atom. The van der Waals surface area contributed by atoms with Gasteiger partial charge in [-0.05, 0) is 30.7 Å². The Bertz CT molecular complexity index is 327. The average Bonchev–Trinajstić information content (AvgIpc) is 2.30. The van der Waals surface area contributed by atoms with Gasteiger partial charge in [-0.1, -0.05) is 29.3 Å². The molecule has 0 spiro atoms. The number of nitrogens with one attached hydrogen (secondary N) is 1. The van der Waals surface area contributed by atoms with Gasteiger partial charge in [-0.2, -0.15) is 0 Å². The number of hydrogen-bond donors (Lipinski definition) is 2. The lowest BCUT2D eigenvalue weighted by atomic mass is 10.1. The largest absolute Gasteiger partial charge is 0.495 e. The number of anilines is 1. The second-order valence-corrected chi connectivity index (χ2v) is 4.65. The van der Waals surface area contributed by atoms with Gasteiger partial charge < -0.3 is 15.8 Å². The van der Waals surface area contributed by atoms with E-state index in [4.69, 9.17) is 10.5 Å². The highest BCUT2D eigenvalue weighted by molar-refractivity contribution is 9.10. The lowest BCUT2D eigenvalue weighted by Crippen LogP contribution is -2.22. The van der Waals surface area contributed by atoms with Crippen molar-refractivity contribution < 1.29 is 4.74 Å². The van der Waals surface area contributed by atoms with Crippen molar-refractivity contribution in [1.29, 1.82) is 0 Å². The van der Waals surface area contributed by atoms with E-state index in [9.17, 15) is 0 Å². The highest BCUT2D eigenvalue weighted by atomic mass is 79.9. The third-order valence-electron chi connectivity index (χ3n) is 2.65. The van der Waals surface area contributed by atoms with E-state index >= 15 is 0 Å². The molecule has 0 aromatic heterocycles. The van der Waals surface area contributed by atoms with Gasteiger partial charge in [0, 0.05) is 11.0 Å². The lowest BCUT2D eigenvalue weighted by molar-refractivity contribution is 0.416. The average molecular weight is 287 g/mol. The van der Waals surface area contributed by atoms with E-state index in [1.807, 2.05) is 18.2 Å². The zero-order valence-electron chi connectivity index (χ0n) is 9.79. The number of rotatable bonds is 6.